The monoisotopic (exact) mass is 717 g/mol. The van der Waals surface area contributed by atoms with E-state index in [0.717, 1.165) is 70.1 Å². The molecule has 0 heterocycles. The maximum absolute atomic E-state index is 12.2. The van der Waals surface area contributed by atoms with Crippen LogP contribution < -0.4 is 0 Å². The van der Waals surface area contributed by atoms with Crippen LogP contribution in [0.25, 0.3) is 0 Å². The number of unbranched alkanes of at least 4 members (excludes halogenated alkanes) is 16. The zero-order chi connectivity index (χ0) is 37.5. The zero-order valence-corrected chi connectivity index (χ0v) is 33.4. The number of hydrogen-bond donors (Lipinski definition) is 2. The highest BCUT2D eigenvalue weighted by atomic mass is 16.6. The van der Waals surface area contributed by atoms with Crippen LogP contribution in [0.1, 0.15) is 194 Å². The Morgan fingerprint density at radius 3 is 1.45 bits per heavy atom. The molecule has 0 rings (SSSR count). The van der Waals surface area contributed by atoms with Gasteiger partial charge in [-0.15, -0.1) is 0 Å². The lowest BCUT2D eigenvalue weighted by molar-refractivity contribution is -0.161. The van der Waals surface area contributed by atoms with Crippen LogP contribution in [0.15, 0.2) is 48.6 Å². The Balaban J connectivity index is 3.63. The molecule has 0 unspecified atom stereocenters. The van der Waals surface area contributed by atoms with Gasteiger partial charge < -0.3 is 19.7 Å². The smallest absolute Gasteiger partial charge is 0.306 e. The number of carbonyl (C=O) groups excluding carboxylic acids is 2. The third kappa shape index (κ3) is 38.9. The van der Waals surface area contributed by atoms with Gasteiger partial charge in [-0.1, -0.05) is 172 Å². The molecule has 2 N–H and O–H groups in total. The predicted octanol–water partition coefficient (Wildman–Crippen LogP) is 12.2. The van der Waals surface area contributed by atoms with Gasteiger partial charge in [0.1, 0.15) is 6.61 Å². The quantitative estimate of drug-likeness (QED) is 0.0378. The summed E-state index contributed by atoms with van der Waals surface area (Å²) >= 11 is 0. The molecule has 0 aliphatic rings. The Bertz CT molecular complexity index is 889. The molecule has 0 aliphatic heterocycles. The van der Waals surface area contributed by atoms with Crippen molar-refractivity contribution in [2.45, 2.75) is 206 Å². The molecule has 0 saturated carbocycles. The molecular weight excluding hydrogens is 636 g/mol. The third-order valence-corrected chi connectivity index (χ3v) is 9.22. The van der Waals surface area contributed by atoms with Crippen molar-refractivity contribution in [1.29, 1.82) is 0 Å². The van der Waals surface area contributed by atoms with Gasteiger partial charge in [0, 0.05) is 12.8 Å². The number of carbonyl (C=O) groups is 2. The highest BCUT2D eigenvalue weighted by Crippen LogP contribution is 2.15. The van der Waals surface area contributed by atoms with Crippen molar-refractivity contribution in [3.8, 4) is 0 Å². The van der Waals surface area contributed by atoms with Crippen LogP contribution in [-0.2, 0) is 19.1 Å². The molecule has 2 atom stereocenters. The average molecular weight is 717 g/mol. The molecule has 0 bridgehead atoms. The topological polar surface area (TPSA) is 93.1 Å². The number of aliphatic hydroxyl groups is 2. The van der Waals surface area contributed by atoms with Crippen LogP contribution in [0.3, 0.4) is 0 Å². The summed E-state index contributed by atoms with van der Waals surface area (Å²) in [4.78, 5) is 24.3. The summed E-state index contributed by atoms with van der Waals surface area (Å²) in [6, 6.07) is 0. The van der Waals surface area contributed by atoms with Crippen molar-refractivity contribution >= 4 is 11.9 Å². The molecule has 0 amide bonds. The van der Waals surface area contributed by atoms with Gasteiger partial charge in [0.25, 0.3) is 0 Å². The van der Waals surface area contributed by atoms with E-state index in [1.54, 1.807) is 0 Å². The summed E-state index contributed by atoms with van der Waals surface area (Å²) in [5.41, 5.74) is 0. The molecule has 0 aromatic rings. The van der Waals surface area contributed by atoms with Crippen LogP contribution in [-0.4, -0.2) is 47.6 Å². The molecule has 6 heteroatoms. The minimum absolute atomic E-state index is 0.103. The second kappa shape index (κ2) is 39.0. The van der Waals surface area contributed by atoms with E-state index in [1.807, 2.05) is 6.92 Å². The molecule has 0 aromatic heterocycles. The number of rotatable bonds is 37. The lowest BCUT2D eigenvalue weighted by Crippen LogP contribution is -2.28. The minimum atomic E-state index is -0.801. The Morgan fingerprint density at radius 1 is 0.549 bits per heavy atom. The summed E-state index contributed by atoms with van der Waals surface area (Å²) < 4.78 is 10.6. The molecule has 0 aromatic carbocycles. The zero-order valence-electron chi connectivity index (χ0n) is 33.4. The van der Waals surface area contributed by atoms with E-state index >= 15 is 0 Å². The van der Waals surface area contributed by atoms with Crippen molar-refractivity contribution < 1.29 is 29.3 Å². The van der Waals surface area contributed by atoms with Gasteiger partial charge >= 0.3 is 11.9 Å². The molecule has 0 spiro atoms. The second-order valence-corrected chi connectivity index (χ2v) is 14.7. The van der Waals surface area contributed by atoms with E-state index in [0.29, 0.717) is 19.3 Å². The van der Waals surface area contributed by atoms with Crippen LogP contribution in [0.4, 0.5) is 0 Å². The Labute approximate surface area is 314 Å². The number of allylic oxidation sites excluding steroid dienone is 8. The van der Waals surface area contributed by atoms with Crippen LogP contribution in [0.5, 0.6) is 0 Å². The highest BCUT2D eigenvalue weighted by Gasteiger charge is 2.16. The van der Waals surface area contributed by atoms with E-state index in [4.69, 9.17) is 9.47 Å². The molecule has 296 valence electrons. The first-order valence-corrected chi connectivity index (χ1v) is 21.1. The molecule has 0 aliphatic carbocycles. The van der Waals surface area contributed by atoms with Gasteiger partial charge in [-0.3, -0.25) is 9.59 Å². The van der Waals surface area contributed by atoms with Gasteiger partial charge in [-0.05, 0) is 63.7 Å². The minimum Gasteiger partial charge on any atom is -0.462 e. The van der Waals surface area contributed by atoms with Gasteiger partial charge in [0.2, 0.25) is 0 Å². The van der Waals surface area contributed by atoms with Gasteiger partial charge in [-0.2, -0.15) is 0 Å². The first-order chi connectivity index (χ1) is 24.9. The number of esters is 2. The van der Waals surface area contributed by atoms with Crippen molar-refractivity contribution in [2.24, 2.45) is 5.92 Å². The fourth-order valence-electron chi connectivity index (χ4n) is 5.83. The Kier molecular flexibility index (Phi) is 37.4. The lowest BCUT2D eigenvalue weighted by Gasteiger charge is -2.15. The van der Waals surface area contributed by atoms with E-state index in [2.05, 4.69) is 62.5 Å². The van der Waals surface area contributed by atoms with Crippen molar-refractivity contribution in [3.05, 3.63) is 48.6 Å². The van der Waals surface area contributed by atoms with E-state index < -0.39 is 6.10 Å². The van der Waals surface area contributed by atoms with Gasteiger partial charge in [-0.25, -0.2) is 0 Å². The SMILES string of the molecule is CC[C@H](O)CC/C=C\C/C=C\C/C=C\C/C=C\CCCC(=O)OC[C@H](CO)OC(=O)CCCCCCCCCCCCCCCCCCC(C)C. The number of ether oxygens (including phenoxy) is 2. The molecule has 0 saturated heterocycles. The number of aliphatic hydroxyl groups excluding tert-OH is 2. The maximum atomic E-state index is 12.2. The molecular formula is C45H80O6. The lowest BCUT2D eigenvalue weighted by atomic mass is 10.0. The second-order valence-electron chi connectivity index (χ2n) is 14.7. The van der Waals surface area contributed by atoms with Crippen LogP contribution >= 0.6 is 0 Å². The van der Waals surface area contributed by atoms with Crippen molar-refractivity contribution in [2.75, 3.05) is 13.2 Å². The Morgan fingerprint density at radius 2 is 0.980 bits per heavy atom. The molecule has 0 fully saturated rings. The third-order valence-electron chi connectivity index (χ3n) is 9.22. The summed E-state index contributed by atoms with van der Waals surface area (Å²) in [5.74, 6) is 0.181. The van der Waals surface area contributed by atoms with E-state index in [-0.39, 0.29) is 31.3 Å². The first-order valence-electron chi connectivity index (χ1n) is 21.1. The summed E-state index contributed by atoms with van der Waals surface area (Å²) in [7, 11) is 0. The van der Waals surface area contributed by atoms with Gasteiger partial charge in [0.15, 0.2) is 6.10 Å². The van der Waals surface area contributed by atoms with Crippen molar-refractivity contribution in [3.63, 3.8) is 0 Å². The standard InChI is InChI=1S/C45H80O6/c1-4-42(47)36-32-28-24-20-16-12-9-10-13-17-21-25-29-33-37-44(48)50-40-43(39-46)51-45(49)38-34-30-26-22-18-14-8-6-5-7-11-15-19-23-27-31-35-41(2)3/h10,12-13,16,21,24-25,28,41-43,46-47H,4-9,11,14-15,17-20,22-23,26-27,29-40H2,1-3H3/b13-10-,16-12-,25-21-,28-24-/t42-,43-/m0/s1. The molecule has 0 radical (unpaired) electrons. The summed E-state index contributed by atoms with van der Waals surface area (Å²) in [5, 5.41) is 19.1. The van der Waals surface area contributed by atoms with Gasteiger partial charge in [0.05, 0.1) is 12.7 Å². The fourth-order valence-corrected chi connectivity index (χ4v) is 5.83. The Hall–Kier alpha value is -2.18. The van der Waals surface area contributed by atoms with E-state index in [1.165, 1.54) is 89.9 Å². The maximum Gasteiger partial charge on any atom is 0.306 e. The largest absolute Gasteiger partial charge is 0.462 e. The normalized spacial score (nSPS) is 13.4. The molecule has 6 nitrogen and oxygen atoms in total. The summed E-state index contributed by atoms with van der Waals surface area (Å²) in [6.07, 6.45) is 45.5. The van der Waals surface area contributed by atoms with Crippen molar-refractivity contribution in [1.82, 2.24) is 0 Å². The molecule has 51 heavy (non-hydrogen) atoms. The highest BCUT2D eigenvalue weighted by molar-refractivity contribution is 5.70. The predicted molar refractivity (Wildman–Crippen MR) is 216 cm³/mol. The van der Waals surface area contributed by atoms with Crippen LogP contribution in [0, 0.1) is 5.92 Å². The fraction of sp³-hybridized carbons (Fsp3) is 0.778. The van der Waals surface area contributed by atoms with Crippen LogP contribution in [0.2, 0.25) is 0 Å². The van der Waals surface area contributed by atoms with E-state index in [9.17, 15) is 19.8 Å². The first kappa shape index (κ1) is 48.8. The number of hydrogen-bond acceptors (Lipinski definition) is 6. The summed E-state index contributed by atoms with van der Waals surface area (Å²) in [6.45, 7) is 6.18. The average Bonchev–Trinajstić information content (AvgIpc) is 3.12.